The quantitative estimate of drug-likeness (QED) is 0.807. The second kappa shape index (κ2) is 3.99. The molecule has 82 valence electrons. The van der Waals surface area contributed by atoms with Crippen LogP contribution in [0, 0.1) is 0 Å². The van der Waals surface area contributed by atoms with Crippen LogP contribution in [0.4, 0.5) is 0 Å². The second-order valence-corrected chi connectivity index (χ2v) is 5.36. The summed E-state index contributed by atoms with van der Waals surface area (Å²) in [6.07, 6.45) is 3.14. The number of thiophene rings is 1. The molecule has 0 spiro atoms. The molecule has 0 radical (unpaired) electrons. The van der Waals surface area contributed by atoms with Crippen molar-refractivity contribution in [1.29, 1.82) is 0 Å². The van der Waals surface area contributed by atoms with Crippen LogP contribution in [0.2, 0.25) is 0 Å². The summed E-state index contributed by atoms with van der Waals surface area (Å²) >= 11 is 4.92. The minimum absolute atomic E-state index is 0.545. The van der Waals surface area contributed by atoms with E-state index in [0.717, 1.165) is 14.4 Å². The molecule has 5 nitrogen and oxygen atoms in total. The molecule has 0 saturated carbocycles. The van der Waals surface area contributed by atoms with Gasteiger partial charge in [0.05, 0.1) is 6.20 Å². The van der Waals surface area contributed by atoms with Gasteiger partial charge in [0, 0.05) is 6.20 Å². The highest BCUT2D eigenvalue weighted by Gasteiger charge is 2.25. The SMILES string of the molecule is Brc1sc(-c2nccnn2)c2c1OCCO2. The van der Waals surface area contributed by atoms with Gasteiger partial charge in [-0.3, -0.25) is 0 Å². The Labute approximate surface area is 104 Å². The summed E-state index contributed by atoms with van der Waals surface area (Å²) in [4.78, 5) is 4.99. The van der Waals surface area contributed by atoms with Crippen LogP contribution < -0.4 is 9.47 Å². The molecule has 16 heavy (non-hydrogen) atoms. The van der Waals surface area contributed by atoms with Gasteiger partial charge in [0.2, 0.25) is 0 Å². The molecular formula is C9H6BrN3O2S. The smallest absolute Gasteiger partial charge is 0.195 e. The zero-order valence-corrected chi connectivity index (χ0v) is 10.4. The first-order chi connectivity index (χ1) is 7.86. The van der Waals surface area contributed by atoms with Crippen LogP contribution in [-0.2, 0) is 0 Å². The molecule has 3 rings (SSSR count). The highest BCUT2D eigenvalue weighted by molar-refractivity contribution is 9.11. The van der Waals surface area contributed by atoms with Gasteiger partial charge in [0.1, 0.15) is 21.9 Å². The van der Waals surface area contributed by atoms with Crippen molar-refractivity contribution < 1.29 is 9.47 Å². The maximum Gasteiger partial charge on any atom is 0.195 e. The van der Waals surface area contributed by atoms with Gasteiger partial charge in [-0.05, 0) is 15.9 Å². The number of fused-ring (bicyclic) bond motifs is 1. The number of hydrogen-bond acceptors (Lipinski definition) is 6. The third-order valence-corrected chi connectivity index (χ3v) is 3.83. The molecule has 1 aliphatic rings. The van der Waals surface area contributed by atoms with Crippen molar-refractivity contribution in [2.45, 2.75) is 0 Å². The lowest BCUT2D eigenvalue weighted by Crippen LogP contribution is -2.14. The number of hydrogen-bond donors (Lipinski definition) is 0. The van der Waals surface area contributed by atoms with Crippen molar-refractivity contribution in [2.24, 2.45) is 0 Å². The molecule has 1 aliphatic heterocycles. The van der Waals surface area contributed by atoms with Gasteiger partial charge in [-0.1, -0.05) is 0 Å². The fourth-order valence-corrected chi connectivity index (χ4v) is 3.05. The van der Waals surface area contributed by atoms with E-state index in [-0.39, 0.29) is 0 Å². The van der Waals surface area contributed by atoms with Crippen molar-refractivity contribution in [2.75, 3.05) is 13.2 Å². The Balaban J connectivity index is 2.15. The molecule has 0 saturated heterocycles. The van der Waals surface area contributed by atoms with Gasteiger partial charge in [0.15, 0.2) is 17.3 Å². The molecule has 0 unspecified atom stereocenters. The van der Waals surface area contributed by atoms with Crippen molar-refractivity contribution >= 4 is 27.3 Å². The molecule has 3 heterocycles. The van der Waals surface area contributed by atoms with Gasteiger partial charge in [-0.2, -0.15) is 5.10 Å². The fourth-order valence-electron chi connectivity index (χ4n) is 1.41. The van der Waals surface area contributed by atoms with E-state index in [1.807, 2.05) is 0 Å². The highest BCUT2D eigenvalue weighted by Crippen LogP contribution is 2.50. The van der Waals surface area contributed by atoms with Crippen LogP contribution in [0.15, 0.2) is 16.2 Å². The minimum Gasteiger partial charge on any atom is -0.484 e. The van der Waals surface area contributed by atoms with Gasteiger partial charge in [0.25, 0.3) is 0 Å². The third-order valence-electron chi connectivity index (χ3n) is 2.04. The Hall–Kier alpha value is -1.21. The zero-order chi connectivity index (χ0) is 11.0. The average molecular weight is 300 g/mol. The van der Waals surface area contributed by atoms with E-state index in [1.54, 1.807) is 6.20 Å². The summed E-state index contributed by atoms with van der Waals surface area (Å²) in [6, 6.07) is 0. The van der Waals surface area contributed by atoms with Crippen LogP contribution in [-0.4, -0.2) is 28.4 Å². The average Bonchev–Trinajstić information content (AvgIpc) is 2.69. The summed E-state index contributed by atoms with van der Waals surface area (Å²) in [7, 11) is 0. The Kier molecular flexibility index (Phi) is 2.49. The number of nitrogens with zero attached hydrogens (tertiary/aromatic N) is 3. The number of ether oxygens (including phenoxy) is 2. The summed E-state index contributed by atoms with van der Waals surface area (Å²) in [5.74, 6) is 2.00. The predicted molar refractivity (Wildman–Crippen MR) is 61.8 cm³/mol. The van der Waals surface area contributed by atoms with Gasteiger partial charge < -0.3 is 9.47 Å². The van der Waals surface area contributed by atoms with Crippen LogP contribution in [0.25, 0.3) is 10.7 Å². The van der Waals surface area contributed by atoms with Crippen LogP contribution >= 0.6 is 27.3 Å². The van der Waals surface area contributed by atoms with Crippen molar-refractivity contribution in [3.8, 4) is 22.2 Å². The van der Waals surface area contributed by atoms with Crippen molar-refractivity contribution in [1.82, 2.24) is 15.2 Å². The van der Waals surface area contributed by atoms with Gasteiger partial charge in [-0.15, -0.1) is 16.4 Å². The van der Waals surface area contributed by atoms with E-state index in [1.165, 1.54) is 17.5 Å². The Morgan fingerprint density at radius 3 is 2.75 bits per heavy atom. The second-order valence-electron chi connectivity index (χ2n) is 3.03. The number of aromatic nitrogens is 3. The lowest BCUT2D eigenvalue weighted by molar-refractivity contribution is 0.173. The van der Waals surface area contributed by atoms with Crippen molar-refractivity contribution in [3.63, 3.8) is 0 Å². The first-order valence-electron chi connectivity index (χ1n) is 4.58. The number of halogens is 1. The Morgan fingerprint density at radius 1 is 1.19 bits per heavy atom. The molecule has 0 N–H and O–H groups in total. The fraction of sp³-hybridized carbons (Fsp3) is 0.222. The van der Waals surface area contributed by atoms with Gasteiger partial charge in [-0.25, -0.2) is 4.98 Å². The largest absolute Gasteiger partial charge is 0.484 e. The van der Waals surface area contributed by atoms with Gasteiger partial charge >= 0.3 is 0 Å². The lowest BCUT2D eigenvalue weighted by Gasteiger charge is -2.15. The van der Waals surface area contributed by atoms with E-state index < -0.39 is 0 Å². The monoisotopic (exact) mass is 299 g/mol. The molecule has 0 fully saturated rings. The normalized spacial score (nSPS) is 13.8. The first-order valence-corrected chi connectivity index (χ1v) is 6.19. The Morgan fingerprint density at radius 2 is 2.00 bits per heavy atom. The topological polar surface area (TPSA) is 57.1 Å². The summed E-state index contributed by atoms with van der Waals surface area (Å²) in [5.41, 5.74) is 0. The maximum atomic E-state index is 5.58. The lowest BCUT2D eigenvalue weighted by atomic mass is 10.3. The Bertz CT molecular complexity index is 517. The van der Waals surface area contributed by atoms with E-state index >= 15 is 0 Å². The molecule has 0 aromatic carbocycles. The molecule has 2 aromatic heterocycles. The summed E-state index contributed by atoms with van der Waals surface area (Å²) < 4.78 is 12.0. The van der Waals surface area contributed by atoms with Crippen LogP contribution in [0.5, 0.6) is 11.5 Å². The molecule has 0 bridgehead atoms. The molecular weight excluding hydrogens is 294 g/mol. The summed E-state index contributed by atoms with van der Waals surface area (Å²) in [5, 5.41) is 7.77. The minimum atomic E-state index is 0.545. The predicted octanol–water partition coefficient (Wildman–Crippen LogP) is 2.13. The molecule has 0 amide bonds. The third kappa shape index (κ3) is 1.56. The van der Waals surface area contributed by atoms with Crippen molar-refractivity contribution in [3.05, 3.63) is 16.2 Å². The molecule has 7 heteroatoms. The standard InChI is InChI=1S/C9H6BrN3O2S/c10-8-6-5(14-3-4-15-6)7(16-8)9-11-1-2-12-13-9/h1-2H,3-4H2. The van der Waals surface area contributed by atoms with Crippen LogP contribution in [0.3, 0.4) is 0 Å². The highest BCUT2D eigenvalue weighted by atomic mass is 79.9. The molecule has 2 aromatic rings. The van der Waals surface area contributed by atoms with E-state index in [2.05, 4.69) is 31.1 Å². The summed E-state index contributed by atoms with van der Waals surface area (Å²) in [6.45, 7) is 1.11. The van der Waals surface area contributed by atoms with E-state index in [0.29, 0.717) is 24.8 Å². The van der Waals surface area contributed by atoms with Crippen LogP contribution in [0.1, 0.15) is 0 Å². The maximum absolute atomic E-state index is 5.58. The van der Waals surface area contributed by atoms with E-state index in [4.69, 9.17) is 9.47 Å². The van der Waals surface area contributed by atoms with E-state index in [9.17, 15) is 0 Å². The molecule has 0 atom stereocenters. The first kappa shape index (κ1) is 9.98. The number of rotatable bonds is 1. The molecule has 0 aliphatic carbocycles. The zero-order valence-electron chi connectivity index (χ0n) is 8.01.